The van der Waals surface area contributed by atoms with Crippen LogP contribution in [0.3, 0.4) is 0 Å². The van der Waals surface area contributed by atoms with Gasteiger partial charge in [-0.1, -0.05) is 30.3 Å². The Bertz CT molecular complexity index is 986. The van der Waals surface area contributed by atoms with Gasteiger partial charge in [-0.3, -0.25) is 4.90 Å². The second-order valence-corrected chi connectivity index (χ2v) is 7.79. The number of hydrogen-bond acceptors (Lipinski definition) is 5. The van der Waals surface area contributed by atoms with Gasteiger partial charge < -0.3 is 20.3 Å². The Labute approximate surface area is 186 Å². The molecule has 0 aromatic heterocycles. The van der Waals surface area contributed by atoms with Crippen molar-refractivity contribution < 1.29 is 18.7 Å². The topological polar surface area (TPSA) is 73.9 Å². The van der Waals surface area contributed by atoms with Crippen LogP contribution in [0, 0.1) is 5.82 Å². The number of nitrogens with one attached hydrogen (secondary N) is 2. The second kappa shape index (κ2) is 9.82. The maximum Gasteiger partial charge on any atom is 0.338 e. The summed E-state index contributed by atoms with van der Waals surface area (Å²) in [5.74, 6) is -0.686. The Hall–Kier alpha value is -3.39. The largest absolute Gasteiger partial charge is 0.463 e. The van der Waals surface area contributed by atoms with Crippen molar-refractivity contribution in [2.45, 2.75) is 13.0 Å². The summed E-state index contributed by atoms with van der Waals surface area (Å²) in [7, 11) is 0. The van der Waals surface area contributed by atoms with E-state index < -0.39 is 12.0 Å². The molecule has 4 rings (SSSR count). The number of amides is 2. The van der Waals surface area contributed by atoms with Gasteiger partial charge in [0.1, 0.15) is 5.82 Å². The van der Waals surface area contributed by atoms with E-state index in [2.05, 4.69) is 20.4 Å². The number of urea groups is 1. The molecule has 2 N–H and O–H groups in total. The highest BCUT2D eigenvalue weighted by Crippen LogP contribution is 2.28. The third-order valence-electron chi connectivity index (χ3n) is 5.73. The highest BCUT2D eigenvalue weighted by Gasteiger charge is 2.34. The number of esters is 1. The molecule has 2 aliphatic rings. The van der Waals surface area contributed by atoms with Crippen LogP contribution >= 0.6 is 0 Å². The molecule has 0 aliphatic carbocycles. The van der Waals surface area contributed by atoms with E-state index in [9.17, 15) is 14.0 Å². The zero-order chi connectivity index (χ0) is 22.5. The van der Waals surface area contributed by atoms with Gasteiger partial charge in [0.15, 0.2) is 0 Å². The molecule has 2 aromatic carbocycles. The van der Waals surface area contributed by atoms with Crippen LogP contribution in [0.5, 0.6) is 0 Å². The molecule has 2 amide bonds. The van der Waals surface area contributed by atoms with Crippen LogP contribution in [0.2, 0.25) is 0 Å². The lowest BCUT2D eigenvalue weighted by atomic mass is 9.95. The van der Waals surface area contributed by atoms with Gasteiger partial charge in [-0.2, -0.15) is 0 Å². The van der Waals surface area contributed by atoms with Gasteiger partial charge in [-0.15, -0.1) is 0 Å². The molecule has 1 fully saturated rings. The normalized spacial score (nSPS) is 19.4. The van der Waals surface area contributed by atoms with E-state index in [4.69, 9.17) is 4.74 Å². The van der Waals surface area contributed by atoms with Crippen LogP contribution in [-0.2, 0) is 9.53 Å². The number of rotatable bonds is 6. The first-order chi connectivity index (χ1) is 15.5. The summed E-state index contributed by atoms with van der Waals surface area (Å²) >= 11 is 0. The van der Waals surface area contributed by atoms with Crippen LogP contribution in [0.15, 0.2) is 65.9 Å². The van der Waals surface area contributed by atoms with E-state index in [1.165, 1.54) is 12.1 Å². The third-order valence-corrected chi connectivity index (χ3v) is 5.73. The van der Waals surface area contributed by atoms with Crippen molar-refractivity contribution in [3.63, 3.8) is 0 Å². The van der Waals surface area contributed by atoms with E-state index in [1.807, 2.05) is 30.3 Å². The Balaban J connectivity index is 1.53. The molecule has 7 nitrogen and oxygen atoms in total. The first kappa shape index (κ1) is 21.8. The minimum Gasteiger partial charge on any atom is -0.463 e. The van der Waals surface area contributed by atoms with Crippen molar-refractivity contribution in [3.05, 3.63) is 77.2 Å². The highest BCUT2D eigenvalue weighted by atomic mass is 19.1. The molecule has 1 saturated heterocycles. The predicted molar refractivity (Wildman–Crippen MR) is 120 cm³/mol. The quantitative estimate of drug-likeness (QED) is 0.679. The maximum absolute atomic E-state index is 13.2. The molecule has 0 saturated carbocycles. The van der Waals surface area contributed by atoms with Crippen LogP contribution in [0.4, 0.5) is 14.9 Å². The Morgan fingerprint density at radius 2 is 1.75 bits per heavy atom. The van der Waals surface area contributed by atoms with Gasteiger partial charge in [0, 0.05) is 44.1 Å². The summed E-state index contributed by atoms with van der Waals surface area (Å²) in [5.41, 5.74) is 2.80. The van der Waals surface area contributed by atoms with E-state index >= 15 is 0 Å². The molecule has 0 unspecified atom stereocenters. The Kier molecular flexibility index (Phi) is 6.70. The van der Waals surface area contributed by atoms with Crippen molar-refractivity contribution in [2.75, 3.05) is 44.2 Å². The molecule has 8 heteroatoms. The number of benzene rings is 2. The van der Waals surface area contributed by atoms with Gasteiger partial charge in [0.05, 0.1) is 18.2 Å². The number of piperazine rings is 1. The monoisotopic (exact) mass is 438 g/mol. The summed E-state index contributed by atoms with van der Waals surface area (Å²) in [5, 5.41) is 5.69. The van der Waals surface area contributed by atoms with Crippen LogP contribution < -0.4 is 15.5 Å². The fourth-order valence-corrected chi connectivity index (χ4v) is 4.13. The first-order valence-electron chi connectivity index (χ1n) is 10.8. The van der Waals surface area contributed by atoms with Crippen molar-refractivity contribution in [2.24, 2.45) is 0 Å². The molecule has 2 aromatic rings. The summed E-state index contributed by atoms with van der Waals surface area (Å²) in [6.07, 6.45) is 0. The van der Waals surface area contributed by atoms with Crippen molar-refractivity contribution in [1.29, 1.82) is 0 Å². The zero-order valence-electron chi connectivity index (χ0n) is 18.0. The van der Waals surface area contributed by atoms with Gasteiger partial charge in [0.25, 0.3) is 0 Å². The molecular formula is C24H27FN4O3. The summed E-state index contributed by atoms with van der Waals surface area (Å²) in [4.78, 5) is 29.7. The average Bonchev–Trinajstić information content (AvgIpc) is 2.80. The van der Waals surface area contributed by atoms with Crippen molar-refractivity contribution in [3.8, 4) is 0 Å². The molecular weight excluding hydrogens is 411 g/mol. The molecule has 1 atom stereocenters. The van der Waals surface area contributed by atoms with E-state index in [-0.39, 0.29) is 18.5 Å². The number of anilines is 1. The fourth-order valence-electron chi connectivity index (χ4n) is 4.13. The lowest BCUT2D eigenvalue weighted by Crippen LogP contribution is -2.51. The van der Waals surface area contributed by atoms with Gasteiger partial charge in [-0.25, -0.2) is 14.0 Å². The molecule has 168 valence electrons. The third kappa shape index (κ3) is 4.91. The summed E-state index contributed by atoms with van der Waals surface area (Å²) < 4.78 is 18.5. The van der Waals surface area contributed by atoms with E-state index in [0.717, 1.165) is 37.4 Å². The van der Waals surface area contributed by atoms with Crippen molar-refractivity contribution >= 4 is 17.7 Å². The number of carbonyl (C=O) groups excluding carboxylic acids is 2. The first-order valence-corrected chi connectivity index (χ1v) is 10.8. The lowest BCUT2D eigenvalue weighted by molar-refractivity contribution is -0.139. The maximum atomic E-state index is 13.2. The Morgan fingerprint density at radius 3 is 2.41 bits per heavy atom. The molecule has 32 heavy (non-hydrogen) atoms. The summed E-state index contributed by atoms with van der Waals surface area (Å²) in [6.45, 7) is 5.47. The molecule has 2 heterocycles. The van der Waals surface area contributed by atoms with Crippen LogP contribution in [-0.4, -0.2) is 56.2 Å². The minimum atomic E-state index is -0.570. The molecule has 2 aliphatic heterocycles. The molecule has 0 spiro atoms. The van der Waals surface area contributed by atoms with E-state index in [1.54, 1.807) is 19.1 Å². The van der Waals surface area contributed by atoms with Crippen molar-refractivity contribution in [1.82, 2.24) is 15.5 Å². The number of nitrogens with zero attached hydrogens (tertiary/aromatic N) is 2. The standard InChI is InChI=1S/C24H27FN4O3/c1-2-32-23(30)21-20(26-24(31)27-22(21)17-6-4-3-5-7-17)16-28-12-14-29(15-13-28)19-10-8-18(25)9-11-19/h3-11,22H,2,12-16H2,1H3,(H2,26,27,31)/t22-/m1/s1. The number of hydrogen-bond donors (Lipinski definition) is 2. The minimum absolute atomic E-state index is 0.250. The van der Waals surface area contributed by atoms with Crippen LogP contribution in [0.25, 0.3) is 0 Å². The predicted octanol–water partition coefficient (Wildman–Crippen LogP) is 2.82. The number of carbonyl (C=O) groups is 2. The smallest absolute Gasteiger partial charge is 0.338 e. The zero-order valence-corrected chi connectivity index (χ0v) is 18.0. The van der Waals surface area contributed by atoms with E-state index in [0.29, 0.717) is 17.8 Å². The van der Waals surface area contributed by atoms with Gasteiger partial charge in [0.2, 0.25) is 0 Å². The second-order valence-electron chi connectivity index (χ2n) is 7.79. The molecule has 0 bridgehead atoms. The fraction of sp³-hybridized carbons (Fsp3) is 0.333. The van der Waals surface area contributed by atoms with Gasteiger partial charge in [-0.05, 0) is 36.8 Å². The Morgan fingerprint density at radius 1 is 1.06 bits per heavy atom. The highest BCUT2D eigenvalue weighted by molar-refractivity contribution is 5.95. The van der Waals surface area contributed by atoms with Gasteiger partial charge >= 0.3 is 12.0 Å². The molecule has 0 radical (unpaired) electrons. The number of halogens is 1. The number of ether oxygens (including phenoxy) is 1. The van der Waals surface area contributed by atoms with Crippen LogP contribution in [0.1, 0.15) is 18.5 Å². The summed E-state index contributed by atoms with van der Waals surface area (Å²) in [6, 6.07) is 15.0. The lowest BCUT2D eigenvalue weighted by Gasteiger charge is -2.38. The SMILES string of the molecule is CCOC(=O)C1=C(CN2CCN(c3ccc(F)cc3)CC2)NC(=O)N[C@@H]1c1ccccc1. The average molecular weight is 439 g/mol.